The molecule has 8 heteroatoms. The van der Waals surface area contributed by atoms with Crippen LogP contribution in [-0.4, -0.2) is 54.8 Å². The van der Waals surface area contributed by atoms with E-state index < -0.39 is 11.7 Å². The predicted molar refractivity (Wildman–Crippen MR) is 91.2 cm³/mol. The highest BCUT2D eigenvalue weighted by molar-refractivity contribution is 5.82. The van der Waals surface area contributed by atoms with Crippen LogP contribution in [0, 0.1) is 0 Å². The zero-order valence-corrected chi connectivity index (χ0v) is 15.0. The molecule has 26 heavy (non-hydrogen) atoms. The minimum Gasteiger partial charge on any atom is -0.351 e. The number of nitrogens with one attached hydrogen (secondary N) is 1. The smallest absolute Gasteiger partial charge is 0.351 e. The lowest BCUT2D eigenvalue weighted by molar-refractivity contribution is -0.139. The van der Waals surface area contributed by atoms with Crippen LogP contribution in [0.4, 0.5) is 13.2 Å². The third-order valence-electron chi connectivity index (χ3n) is 4.27. The summed E-state index contributed by atoms with van der Waals surface area (Å²) >= 11 is 0. The second-order valence-corrected chi connectivity index (χ2v) is 6.80. The quantitative estimate of drug-likeness (QED) is 0.800. The van der Waals surface area contributed by atoms with Gasteiger partial charge in [-0.25, -0.2) is 0 Å². The van der Waals surface area contributed by atoms with Gasteiger partial charge in [0.1, 0.15) is 0 Å². The topological polar surface area (TPSA) is 52.7 Å². The molecule has 0 aliphatic carbocycles. The van der Waals surface area contributed by atoms with E-state index in [1.807, 2.05) is 19.0 Å². The summed E-state index contributed by atoms with van der Waals surface area (Å²) in [4.78, 5) is 27.4. The van der Waals surface area contributed by atoms with E-state index >= 15 is 0 Å². The van der Waals surface area contributed by atoms with Gasteiger partial charge >= 0.3 is 6.18 Å². The van der Waals surface area contributed by atoms with E-state index in [9.17, 15) is 22.8 Å². The van der Waals surface area contributed by atoms with Gasteiger partial charge in [-0.1, -0.05) is 18.2 Å². The zero-order chi connectivity index (χ0) is 19.3. The van der Waals surface area contributed by atoms with Crippen molar-refractivity contribution >= 4 is 11.8 Å². The van der Waals surface area contributed by atoms with Crippen LogP contribution in [0.25, 0.3) is 0 Å². The number of halogens is 3. The third-order valence-corrected chi connectivity index (χ3v) is 4.27. The Balaban J connectivity index is 1.92. The lowest BCUT2D eigenvalue weighted by Gasteiger charge is -2.20. The molecule has 0 saturated carbocycles. The van der Waals surface area contributed by atoms with Gasteiger partial charge in [-0.15, -0.1) is 0 Å². The van der Waals surface area contributed by atoms with Gasteiger partial charge in [0.25, 0.3) is 0 Å². The minimum atomic E-state index is -4.46. The Morgan fingerprint density at radius 2 is 2.00 bits per heavy atom. The van der Waals surface area contributed by atoms with Crippen LogP contribution in [0.2, 0.25) is 0 Å². The Labute approximate surface area is 151 Å². The third kappa shape index (κ3) is 5.72. The molecule has 0 radical (unpaired) electrons. The summed E-state index contributed by atoms with van der Waals surface area (Å²) in [5.74, 6) is -0.386. The number of hydrogen-bond donors (Lipinski definition) is 1. The van der Waals surface area contributed by atoms with Crippen molar-refractivity contribution in [3.05, 3.63) is 35.4 Å². The van der Waals surface area contributed by atoms with Crippen molar-refractivity contribution in [1.29, 1.82) is 0 Å². The van der Waals surface area contributed by atoms with Gasteiger partial charge in [0.2, 0.25) is 11.8 Å². The number of likely N-dealkylation sites (tertiary alicyclic amines) is 1. The van der Waals surface area contributed by atoms with E-state index in [1.54, 1.807) is 0 Å². The van der Waals surface area contributed by atoms with Crippen molar-refractivity contribution in [2.24, 2.45) is 0 Å². The first-order chi connectivity index (χ1) is 12.2. The maximum Gasteiger partial charge on any atom is 0.416 e. The SMILES string of the molecule is CN(C)CCCC(=O)N[C@H]1CC(=O)N(Cc2ccccc2C(F)(F)F)C1. The fraction of sp³-hybridized carbons (Fsp3) is 0.556. The van der Waals surface area contributed by atoms with Crippen LogP contribution in [0.1, 0.15) is 30.4 Å². The molecule has 0 unspecified atom stereocenters. The molecule has 1 aromatic rings. The summed E-state index contributed by atoms with van der Waals surface area (Å²) in [6.07, 6.45) is -3.27. The highest BCUT2D eigenvalue weighted by atomic mass is 19.4. The van der Waals surface area contributed by atoms with Crippen LogP contribution in [0.3, 0.4) is 0 Å². The van der Waals surface area contributed by atoms with Crippen LogP contribution >= 0.6 is 0 Å². The Bertz CT molecular complexity index is 647. The normalized spacial score (nSPS) is 17.8. The molecule has 0 aromatic heterocycles. The Kier molecular flexibility index (Phi) is 6.63. The molecule has 1 saturated heterocycles. The molecule has 1 atom stereocenters. The number of benzene rings is 1. The first-order valence-corrected chi connectivity index (χ1v) is 8.54. The summed E-state index contributed by atoms with van der Waals surface area (Å²) < 4.78 is 39.2. The fourth-order valence-electron chi connectivity index (χ4n) is 3.02. The summed E-state index contributed by atoms with van der Waals surface area (Å²) in [6.45, 7) is 0.906. The Hall–Kier alpha value is -2.09. The number of amides is 2. The van der Waals surface area contributed by atoms with Gasteiger partial charge in [0, 0.05) is 25.9 Å². The number of rotatable bonds is 7. The van der Waals surface area contributed by atoms with E-state index in [4.69, 9.17) is 0 Å². The van der Waals surface area contributed by atoms with E-state index in [0.717, 1.165) is 12.6 Å². The maximum absolute atomic E-state index is 13.1. The second-order valence-electron chi connectivity index (χ2n) is 6.80. The zero-order valence-electron chi connectivity index (χ0n) is 15.0. The summed E-state index contributed by atoms with van der Waals surface area (Å²) in [5.41, 5.74) is -0.671. The van der Waals surface area contributed by atoms with Gasteiger partial charge < -0.3 is 15.1 Å². The van der Waals surface area contributed by atoms with Crippen LogP contribution in [0.5, 0.6) is 0 Å². The van der Waals surface area contributed by atoms with Crippen LogP contribution in [0.15, 0.2) is 24.3 Å². The van der Waals surface area contributed by atoms with Gasteiger partial charge in [-0.3, -0.25) is 9.59 Å². The molecule has 1 heterocycles. The summed E-state index contributed by atoms with van der Waals surface area (Å²) in [6, 6.07) is 4.89. The molecule has 0 spiro atoms. The number of hydrogen-bond acceptors (Lipinski definition) is 3. The summed E-state index contributed by atoms with van der Waals surface area (Å²) in [5, 5.41) is 2.80. The number of carbonyl (C=O) groups is 2. The van der Waals surface area contributed by atoms with Crippen molar-refractivity contribution in [3.63, 3.8) is 0 Å². The largest absolute Gasteiger partial charge is 0.416 e. The van der Waals surface area contributed by atoms with Gasteiger partial charge in [-0.05, 0) is 38.7 Å². The highest BCUT2D eigenvalue weighted by Crippen LogP contribution is 2.32. The lowest BCUT2D eigenvalue weighted by Crippen LogP contribution is -2.37. The van der Waals surface area contributed by atoms with E-state index in [1.165, 1.54) is 23.1 Å². The average molecular weight is 371 g/mol. The maximum atomic E-state index is 13.1. The van der Waals surface area contributed by atoms with E-state index in [2.05, 4.69) is 5.32 Å². The molecule has 5 nitrogen and oxygen atoms in total. The highest BCUT2D eigenvalue weighted by Gasteiger charge is 2.35. The molecular weight excluding hydrogens is 347 g/mol. The molecule has 1 fully saturated rings. The lowest BCUT2D eigenvalue weighted by atomic mass is 10.1. The first-order valence-electron chi connectivity index (χ1n) is 8.54. The van der Waals surface area contributed by atoms with Crippen LogP contribution < -0.4 is 5.32 Å². The van der Waals surface area contributed by atoms with Gasteiger partial charge in [0.05, 0.1) is 11.6 Å². The Morgan fingerprint density at radius 3 is 2.65 bits per heavy atom. The number of alkyl halides is 3. The minimum absolute atomic E-state index is 0.0614. The van der Waals surface area contributed by atoms with Gasteiger partial charge in [-0.2, -0.15) is 13.2 Å². The molecule has 2 rings (SSSR count). The monoisotopic (exact) mass is 371 g/mol. The Morgan fingerprint density at radius 1 is 1.31 bits per heavy atom. The van der Waals surface area contributed by atoms with Crippen molar-refractivity contribution in [3.8, 4) is 0 Å². The summed E-state index contributed by atoms with van der Waals surface area (Å²) in [7, 11) is 3.84. The number of carbonyl (C=O) groups excluding carboxylic acids is 2. The second kappa shape index (κ2) is 8.53. The van der Waals surface area contributed by atoms with E-state index in [-0.39, 0.29) is 42.9 Å². The van der Waals surface area contributed by atoms with E-state index in [0.29, 0.717) is 12.8 Å². The van der Waals surface area contributed by atoms with Crippen LogP contribution in [-0.2, 0) is 22.3 Å². The van der Waals surface area contributed by atoms with Crippen molar-refractivity contribution < 1.29 is 22.8 Å². The van der Waals surface area contributed by atoms with Crippen molar-refractivity contribution in [2.75, 3.05) is 27.2 Å². The molecule has 1 aromatic carbocycles. The molecule has 2 amide bonds. The first kappa shape index (κ1) is 20.2. The fourth-order valence-corrected chi connectivity index (χ4v) is 3.02. The molecule has 0 bridgehead atoms. The van der Waals surface area contributed by atoms with Gasteiger partial charge in [0.15, 0.2) is 0 Å². The predicted octanol–water partition coefficient (Wildman–Crippen LogP) is 2.26. The molecular formula is C18H24F3N3O2. The average Bonchev–Trinajstić information content (AvgIpc) is 2.85. The van der Waals surface area contributed by atoms with Crippen molar-refractivity contribution in [1.82, 2.24) is 15.1 Å². The van der Waals surface area contributed by atoms with Crippen molar-refractivity contribution in [2.45, 2.75) is 38.0 Å². The molecule has 144 valence electrons. The standard InChI is InChI=1S/C18H24F3N3O2/c1-23(2)9-5-8-16(25)22-14-10-17(26)24(12-14)11-13-6-3-4-7-15(13)18(19,20)21/h3-4,6-7,14H,5,8-12H2,1-2H3,(H,22,25)/t14-/m0/s1. The molecule has 1 aliphatic heterocycles. The molecule has 1 N–H and O–H groups in total. The number of nitrogens with zero attached hydrogens (tertiary/aromatic N) is 2. The molecule has 1 aliphatic rings.